The van der Waals surface area contributed by atoms with Crippen molar-refractivity contribution in [3.63, 3.8) is 0 Å². The predicted molar refractivity (Wildman–Crippen MR) is 88.7 cm³/mol. The summed E-state index contributed by atoms with van der Waals surface area (Å²) >= 11 is 0. The highest BCUT2D eigenvalue weighted by Gasteiger charge is 2.71. The molecule has 0 saturated carbocycles. The van der Waals surface area contributed by atoms with Gasteiger partial charge in [0.15, 0.2) is 5.78 Å². The number of carbonyl (C=O) groups excluding carboxylic acids is 3. The molecule has 1 aliphatic carbocycles. The second-order valence-corrected chi connectivity index (χ2v) is 8.01. The summed E-state index contributed by atoms with van der Waals surface area (Å²) < 4.78 is 42.4. The summed E-state index contributed by atoms with van der Waals surface area (Å²) in [6.45, 7) is 10.2. The van der Waals surface area contributed by atoms with Crippen molar-refractivity contribution in [2.24, 2.45) is 11.3 Å². The monoisotopic (exact) mass is 372 g/mol. The molecular formula is C18H23F3N2O3. The number of amides is 2. The standard InChI is InChI=1S/C18H23F3N2O3/c1-6-13(25)22-17(18(19,20)21)14-11(7-16(4,5)8-12(14)24)23(15(17)26)9-10(2)3/h6,10H,1,7-9H2,2-5H3,(H,22,25)/t17-/m0/s1. The van der Waals surface area contributed by atoms with E-state index >= 15 is 0 Å². The zero-order valence-corrected chi connectivity index (χ0v) is 15.3. The Labute approximate surface area is 150 Å². The molecule has 1 atom stereocenters. The van der Waals surface area contributed by atoms with Gasteiger partial charge in [-0.05, 0) is 23.8 Å². The molecule has 0 unspecified atom stereocenters. The van der Waals surface area contributed by atoms with Crippen LogP contribution in [0.25, 0.3) is 0 Å². The topological polar surface area (TPSA) is 66.5 Å². The summed E-state index contributed by atoms with van der Waals surface area (Å²) in [6.07, 6.45) is -4.49. The third-order valence-electron chi connectivity index (χ3n) is 4.59. The number of nitrogens with zero attached hydrogens (tertiary/aromatic N) is 1. The van der Waals surface area contributed by atoms with Crippen molar-refractivity contribution in [3.05, 3.63) is 23.9 Å². The Morgan fingerprint density at radius 3 is 2.35 bits per heavy atom. The smallest absolute Gasteiger partial charge is 0.327 e. The summed E-state index contributed by atoms with van der Waals surface area (Å²) in [4.78, 5) is 38.4. The fourth-order valence-corrected chi connectivity index (χ4v) is 3.62. The van der Waals surface area contributed by atoms with Crippen molar-refractivity contribution in [1.82, 2.24) is 10.2 Å². The van der Waals surface area contributed by atoms with E-state index in [2.05, 4.69) is 6.58 Å². The lowest BCUT2D eigenvalue weighted by molar-refractivity contribution is -0.194. The quantitative estimate of drug-likeness (QED) is 0.772. The zero-order chi connectivity index (χ0) is 20.1. The van der Waals surface area contributed by atoms with E-state index in [4.69, 9.17) is 0 Å². The Bertz CT molecular complexity index is 707. The molecule has 0 spiro atoms. The lowest BCUT2D eigenvalue weighted by Gasteiger charge is -2.35. The molecule has 0 radical (unpaired) electrons. The Balaban J connectivity index is 2.76. The van der Waals surface area contributed by atoms with Gasteiger partial charge in [-0.2, -0.15) is 13.2 Å². The maximum atomic E-state index is 14.1. The molecule has 0 aromatic carbocycles. The molecule has 1 heterocycles. The first-order valence-corrected chi connectivity index (χ1v) is 8.37. The molecule has 0 fully saturated rings. The van der Waals surface area contributed by atoms with Crippen molar-refractivity contribution in [1.29, 1.82) is 0 Å². The van der Waals surface area contributed by atoms with E-state index in [-0.39, 0.29) is 31.0 Å². The van der Waals surface area contributed by atoms with E-state index in [1.165, 1.54) is 0 Å². The Kier molecular flexibility index (Phi) is 4.85. The summed E-state index contributed by atoms with van der Waals surface area (Å²) in [6, 6.07) is 0. The second kappa shape index (κ2) is 6.25. The van der Waals surface area contributed by atoms with Crippen LogP contribution in [0.1, 0.15) is 40.5 Å². The Morgan fingerprint density at radius 2 is 1.88 bits per heavy atom. The molecule has 1 aliphatic heterocycles. The maximum absolute atomic E-state index is 14.1. The maximum Gasteiger partial charge on any atom is 0.425 e. The van der Waals surface area contributed by atoms with E-state index in [1.54, 1.807) is 33.0 Å². The minimum Gasteiger partial charge on any atom is -0.327 e. The molecule has 26 heavy (non-hydrogen) atoms. The van der Waals surface area contributed by atoms with E-state index in [9.17, 15) is 27.6 Å². The summed E-state index contributed by atoms with van der Waals surface area (Å²) in [5, 5.41) is 1.74. The average molecular weight is 372 g/mol. The minimum atomic E-state index is -5.16. The van der Waals surface area contributed by atoms with Crippen molar-refractivity contribution < 1.29 is 27.6 Å². The molecule has 2 amide bonds. The van der Waals surface area contributed by atoms with E-state index in [1.807, 2.05) is 0 Å². The molecule has 2 rings (SSSR count). The fraction of sp³-hybridized carbons (Fsp3) is 0.611. The van der Waals surface area contributed by atoms with Gasteiger partial charge < -0.3 is 10.2 Å². The van der Waals surface area contributed by atoms with Crippen molar-refractivity contribution in [2.45, 2.75) is 52.3 Å². The number of hydrogen-bond donors (Lipinski definition) is 1. The molecule has 0 bridgehead atoms. The third kappa shape index (κ3) is 3.05. The van der Waals surface area contributed by atoms with E-state index in [0.717, 1.165) is 4.90 Å². The van der Waals surface area contributed by atoms with Crippen LogP contribution in [0.5, 0.6) is 0 Å². The number of allylic oxidation sites excluding steroid dienone is 1. The Morgan fingerprint density at radius 1 is 1.31 bits per heavy atom. The van der Waals surface area contributed by atoms with Crippen LogP contribution in [0.15, 0.2) is 23.9 Å². The van der Waals surface area contributed by atoms with Gasteiger partial charge in [-0.15, -0.1) is 0 Å². The van der Waals surface area contributed by atoms with Gasteiger partial charge in [-0.25, -0.2) is 0 Å². The predicted octanol–water partition coefficient (Wildman–Crippen LogP) is 2.73. The number of rotatable bonds is 4. The molecule has 0 saturated heterocycles. The van der Waals surface area contributed by atoms with Crippen LogP contribution in [0.3, 0.4) is 0 Å². The molecule has 0 aromatic rings. The number of carbonyl (C=O) groups is 3. The van der Waals surface area contributed by atoms with Crippen LogP contribution in [0, 0.1) is 11.3 Å². The first-order valence-electron chi connectivity index (χ1n) is 8.37. The Hall–Kier alpha value is -2.12. The number of Topliss-reactive ketones (excluding diaryl/α,β-unsaturated/α-hetero) is 1. The van der Waals surface area contributed by atoms with Crippen LogP contribution in [0.2, 0.25) is 0 Å². The van der Waals surface area contributed by atoms with Gasteiger partial charge in [0.25, 0.3) is 5.91 Å². The highest BCUT2D eigenvalue weighted by Crippen LogP contribution is 2.51. The lowest BCUT2D eigenvalue weighted by Crippen LogP contribution is -2.66. The second-order valence-electron chi connectivity index (χ2n) is 8.01. The fourth-order valence-electron chi connectivity index (χ4n) is 3.62. The highest BCUT2D eigenvalue weighted by molar-refractivity contribution is 6.14. The van der Waals surface area contributed by atoms with Crippen LogP contribution >= 0.6 is 0 Å². The summed E-state index contributed by atoms with van der Waals surface area (Å²) in [7, 11) is 0. The molecule has 1 N–H and O–H groups in total. The van der Waals surface area contributed by atoms with Crippen molar-refractivity contribution in [2.75, 3.05) is 6.54 Å². The van der Waals surface area contributed by atoms with Crippen LogP contribution < -0.4 is 5.32 Å². The minimum absolute atomic E-state index is 0.0306. The summed E-state index contributed by atoms with van der Waals surface area (Å²) in [5.41, 5.74) is -4.51. The van der Waals surface area contributed by atoms with Gasteiger partial charge in [-0.3, -0.25) is 14.4 Å². The highest BCUT2D eigenvalue weighted by atomic mass is 19.4. The number of nitrogens with one attached hydrogen (secondary N) is 1. The normalized spacial score (nSPS) is 25.6. The summed E-state index contributed by atoms with van der Waals surface area (Å²) in [5.74, 6) is -3.37. The molecule has 2 aliphatic rings. The molecule has 5 nitrogen and oxygen atoms in total. The van der Waals surface area contributed by atoms with Crippen molar-refractivity contribution >= 4 is 17.6 Å². The van der Waals surface area contributed by atoms with Gasteiger partial charge >= 0.3 is 6.18 Å². The molecule has 0 aromatic heterocycles. The van der Waals surface area contributed by atoms with Crippen LogP contribution in [-0.4, -0.2) is 40.8 Å². The molecule has 144 valence electrons. The van der Waals surface area contributed by atoms with Crippen LogP contribution in [0.4, 0.5) is 13.2 Å². The van der Waals surface area contributed by atoms with Gasteiger partial charge in [0.05, 0.1) is 5.57 Å². The first kappa shape index (κ1) is 20.2. The van der Waals surface area contributed by atoms with Gasteiger partial charge in [-0.1, -0.05) is 34.3 Å². The largest absolute Gasteiger partial charge is 0.425 e. The SMILES string of the molecule is C=CC(=O)N[C@]1(C(F)(F)F)C(=O)N(CC(C)C)C2=C1C(=O)CC(C)(C)C2. The number of halogens is 3. The van der Waals surface area contributed by atoms with Crippen LogP contribution in [-0.2, 0) is 14.4 Å². The van der Waals surface area contributed by atoms with Gasteiger partial charge in [0.1, 0.15) is 0 Å². The number of alkyl halides is 3. The third-order valence-corrected chi connectivity index (χ3v) is 4.59. The zero-order valence-electron chi connectivity index (χ0n) is 15.3. The lowest BCUT2D eigenvalue weighted by atomic mass is 9.72. The first-order chi connectivity index (χ1) is 11.8. The average Bonchev–Trinajstić information content (AvgIpc) is 2.68. The van der Waals surface area contributed by atoms with Gasteiger partial charge in [0, 0.05) is 18.7 Å². The van der Waals surface area contributed by atoms with Gasteiger partial charge in [0.2, 0.25) is 11.4 Å². The van der Waals surface area contributed by atoms with E-state index < -0.39 is 40.3 Å². The van der Waals surface area contributed by atoms with E-state index in [0.29, 0.717) is 6.08 Å². The number of hydrogen-bond acceptors (Lipinski definition) is 3. The number of ketones is 1. The molecular weight excluding hydrogens is 349 g/mol. The molecule has 8 heteroatoms. The van der Waals surface area contributed by atoms with Crippen molar-refractivity contribution in [3.8, 4) is 0 Å².